The molecule has 0 radical (unpaired) electrons. The largest absolute Gasteiger partial charge is 0.598 e. The highest BCUT2D eigenvalue weighted by atomic mass is 32.2. The molecule has 2 N–H and O–H groups in total. The van der Waals surface area contributed by atoms with Crippen molar-refractivity contribution in [2.75, 3.05) is 13.1 Å². The van der Waals surface area contributed by atoms with Crippen LogP contribution in [0.1, 0.15) is 51.0 Å². The number of amides is 1. The molecule has 7 nitrogen and oxygen atoms in total. The molecule has 1 aliphatic heterocycles. The summed E-state index contributed by atoms with van der Waals surface area (Å²) in [6.07, 6.45) is 4.66. The van der Waals surface area contributed by atoms with Gasteiger partial charge >= 0.3 is 6.09 Å². The second kappa shape index (κ2) is 6.16. The molecular weight excluding hydrogens is 328 g/mol. The van der Waals surface area contributed by atoms with Crippen molar-refractivity contribution in [1.29, 1.82) is 0 Å². The maximum absolute atomic E-state index is 12.7. The van der Waals surface area contributed by atoms with Gasteiger partial charge in [0.1, 0.15) is 10.8 Å². The van der Waals surface area contributed by atoms with Crippen molar-refractivity contribution < 1.29 is 14.5 Å². The van der Waals surface area contributed by atoms with Crippen LogP contribution < -0.4 is 4.72 Å². The van der Waals surface area contributed by atoms with Gasteiger partial charge in [-0.05, 0) is 40.0 Å². The van der Waals surface area contributed by atoms with E-state index in [1.807, 2.05) is 20.8 Å². The Labute approximate surface area is 145 Å². The summed E-state index contributed by atoms with van der Waals surface area (Å²) >= 11 is -1.23. The summed E-state index contributed by atoms with van der Waals surface area (Å²) < 4.78 is 15.6. The topological polar surface area (TPSA) is 101 Å². The number of nitrogens with zero attached hydrogens (tertiary/aromatic N) is 3. The molecule has 1 aromatic heterocycles. The molecule has 0 unspecified atom stereocenters. The fraction of sp³-hybridized carbons (Fsp3) is 0.688. The number of aromatic nitrogens is 2. The first-order valence-electron chi connectivity index (χ1n) is 8.19. The smallest absolute Gasteiger partial charge is 0.407 e. The summed E-state index contributed by atoms with van der Waals surface area (Å²) in [5, 5.41) is 9.20. The number of hydrogen-bond acceptors (Lipinski definition) is 5. The van der Waals surface area contributed by atoms with E-state index < -0.39 is 17.5 Å². The van der Waals surface area contributed by atoms with Crippen LogP contribution in [0.3, 0.4) is 0 Å². The van der Waals surface area contributed by atoms with Gasteiger partial charge in [0.2, 0.25) is 0 Å². The Bertz CT molecular complexity index is 626. The molecule has 0 bridgehead atoms. The van der Waals surface area contributed by atoms with Crippen LogP contribution in [0.2, 0.25) is 0 Å². The summed E-state index contributed by atoms with van der Waals surface area (Å²) in [5.74, 6) is 0. The van der Waals surface area contributed by atoms with Crippen LogP contribution in [0, 0.1) is 5.41 Å². The van der Waals surface area contributed by atoms with Crippen molar-refractivity contribution in [2.45, 2.75) is 50.8 Å². The lowest BCUT2D eigenvalue weighted by Crippen LogP contribution is -2.50. The van der Waals surface area contributed by atoms with Crippen LogP contribution in [0.15, 0.2) is 12.4 Å². The first kappa shape index (κ1) is 17.4. The number of rotatable bonds is 2. The van der Waals surface area contributed by atoms with Gasteiger partial charge < -0.3 is 14.6 Å². The van der Waals surface area contributed by atoms with Crippen molar-refractivity contribution >= 4 is 17.5 Å². The van der Waals surface area contributed by atoms with Crippen LogP contribution in [-0.2, 0) is 17.8 Å². The second-order valence-electron chi connectivity index (χ2n) is 7.63. The molecule has 3 rings (SSSR count). The molecule has 1 aromatic rings. The Morgan fingerprint density at radius 3 is 2.58 bits per heavy atom. The van der Waals surface area contributed by atoms with Gasteiger partial charge in [-0.15, -0.1) is 4.72 Å². The normalized spacial score (nSPS) is 24.0. The molecule has 1 saturated heterocycles. The number of carboxylic acid groups (broad SMARTS) is 1. The lowest BCUT2D eigenvalue weighted by atomic mass is 9.73. The van der Waals surface area contributed by atoms with Gasteiger partial charge in [-0.1, -0.05) is 0 Å². The van der Waals surface area contributed by atoms with Gasteiger partial charge in [0, 0.05) is 42.3 Å². The van der Waals surface area contributed by atoms with Gasteiger partial charge in [-0.3, -0.25) is 9.97 Å². The third-order valence-corrected chi connectivity index (χ3v) is 6.58. The monoisotopic (exact) mass is 352 g/mol. The molecule has 1 spiro atoms. The van der Waals surface area contributed by atoms with Gasteiger partial charge in [-0.2, -0.15) is 0 Å². The standard InChI is InChI=1S/C16H24N4O3S/c1-15(2,3)24(23)19-13-12-11(17-6-7-18-12)10-16(13)4-8-20(9-5-16)14(21)22/h6-7,13,19H,4-5,8-10H2,1-3H3,(H,21,22)/t13-,24-/m1/s1. The number of carbonyl (C=O) groups is 1. The van der Waals surface area contributed by atoms with Crippen LogP contribution in [0.4, 0.5) is 4.79 Å². The minimum absolute atomic E-state index is 0.155. The van der Waals surface area contributed by atoms with E-state index in [2.05, 4.69) is 14.7 Å². The van der Waals surface area contributed by atoms with Gasteiger partial charge in [0.25, 0.3) is 0 Å². The zero-order valence-electron chi connectivity index (χ0n) is 14.3. The van der Waals surface area contributed by atoms with Gasteiger partial charge in [-0.25, -0.2) is 4.79 Å². The van der Waals surface area contributed by atoms with E-state index in [0.29, 0.717) is 13.1 Å². The Morgan fingerprint density at radius 2 is 2.00 bits per heavy atom. The lowest BCUT2D eigenvalue weighted by molar-refractivity contribution is 0.0757. The van der Waals surface area contributed by atoms with Crippen LogP contribution in [0.25, 0.3) is 0 Å². The SMILES string of the molecule is CC(C)(C)[S@@+]([O-])N[C@@H]1c2nccnc2CC12CCN(C(=O)O)CC2. The summed E-state index contributed by atoms with van der Waals surface area (Å²) in [7, 11) is 0. The van der Waals surface area contributed by atoms with Gasteiger partial charge in [0.15, 0.2) is 0 Å². The van der Waals surface area contributed by atoms with E-state index in [-0.39, 0.29) is 16.2 Å². The second-order valence-corrected chi connectivity index (χ2v) is 9.63. The van der Waals surface area contributed by atoms with Crippen LogP contribution >= 0.6 is 0 Å². The van der Waals surface area contributed by atoms with Gasteiger partial charge in [0.05, 0.1) is 11.4 Å². The zero-order chi connectivity index (χ0) is 17.5. The first-order chi connectivity index (χ1) is 11.2. The average molecular weight is 352 g/mol. The number of fused-ring (bicyclic) bond motifs is 1. The molecule has 132 valence electrons. The zero-order valence-corrected chi connectivity index (χ0v) is 15.1. The lowest BCUT2D eigenvalue weighted by Gasteiger charge is -2.42. The molecule has 8 heteroatoms. The molecule has 0 saturated carbocycles. The maximum Gasteiger partial charge on any atom is 0.407 e. The predicted octanol–water partition coefficient (Wildman–Crippen LogP) is 1.89. The molecule has 1 aliphatic carbocycles. The third-order valence-electron chi connectivity index (χ3n) is 5.02. The number of likely N-dealkylation sites (tertiary alicyclic amines) is 1. The van der Waals surface area contributed by atoms with E-state index in [9.17, 15) is 14.5 Å². The average Bonchev–Trinajstić information content (AvgIpc) is 2.80. The highest BCUT2D eigenvalue weighted by Gasteiger charge is 2.52. The highest BCUT2D eigenvalue weighted by molar-refractivity contribution is 7.90. The van der Waals surface area contributed by atoms with Crippen LogP contribution in [-0.4, -0.2) is 48.5 Å². The fourth-order valence-electron chi connectivity index (χ4n) is 3.55. The fourth-order valence-corrected chi connectivity index (χ4v) is 4.48. The predicted molar refractivity (Wildman–Crippen MR) is 90.8 cm³/mol. The molecule has 1 amide bonds. The Kier molecular flexibility index (Phi) is 4.48. The minimum Gasteiger partial charge on any atom is -0.598 e. The number of nitrogens with one attached hydrogen (secondary N) is 1. The summed E-state index contributed by atoms with van der Waals surface area (Å²) in [6.45, 7) is 6.78. The first-order valence-corrected chi connectivity index (χ1v) is 9.34. The molecule has 1 fully saturated rings. The number of hydrogen-bond donors (Lipinski definition) is 2. The van der Waals surface area contributed by atoms with E-state index in [0.717, 1.165) is 30.7 Å². The summed E-state index contributed by atoms with van der Waals surface area (Å²) in [4.78, 5) is 21.6. The number of piperidine rings is 1. The maximum atomic E-state index is 12.7. The van der Waals surface area contributed by atoms with Crippen molar-refractivity contribution in [3.63, 3.8) is 0 Å². The Morgan fingerprint density at radius 1 is 1.38 bits per heavy atom. The van der Waals surface area contributed by atoms with Crippen LogP contribution in [0.5, 0.6) is 0 Å². The summed E-state index contributed by atoms with van der Waals surface area (Å²) in [6, 6.07) is -0.155. The molecule has 2 aliphatic rings. The van der Waals surface area contributed by atoms with E-state index >= 15 is 0 Å². The molecule has 2 atom stereocenters. The van der Waals surface area contributed by atoms with Crippen molar-refractivity contribution in [3.8, 4) is 0 Å². The quantitative estimate of drug-likeness (QED) is 0.788. The Balaban J connectivity index is 1.87. The molecule has 24 heavy (non-hydrogen) atoms. The van der Waals surface area contributed by atoms with E-state index in [1.54, 1.807) is 12.4 Å². The molecule has 2 heterocycles. The van der Waals surface area contributed by atoms with Crippen molar-refractivity contribution in [2.24, 2.45) is 5.41 Å². The minimum atomic E-state index is -1.23. The highest BCUT2D eigenvalue weighted by Crippen LogP contribution is 2.51. The molecular formula is C16H24N4O3S. The third kappa shape index (κ3) is 3.10. The van der Waals surface area contributed by atoms with Crippen molar-refractivity contribution in [3.05, 3.63) is 23.8 Å². The summed E-state index contributed by atoms with van der Waals surface area (Å²) in [5.41, 5.74) is 1.62. The molecule has 0 aromatic carbocycles. The Hall–Kier alpha value is -1.38. The van der Waals surface area contributed by atoms with Crippen molar-refractivity contribution in [1.82, 2.24) is 19.6 Å². The van der Waals surface area contributed by atoms with E-state index in [1.165, 1.54) is 4.90 Å². The van der Waals surface area contributed by atoms with E-state index in [4.69, 9.17) is 0 Å².